The van der Waals surface area contributed by atoms with Gasteiger partial charge in [0.25, 0.3) is 0 Å². The van der Waals surface area contributed by atoms with Crippen molar-refractivity contribution in [3.8, 4) is 11.1 Å². The summed E-state index contributed by atoms with van der Waals surface area (Å²) >= 11 is 0. The van der Waals surface area contributed by atoms with Crippen LogP contribution in [-0.4, -0.2) is 42.3 Å². The lowest BCUT2D eigenvalue weighted by molar-refractivity contribution is -0.143. The van der Waals surface area contributed by atoms with Crippen LogP contribution >= 0.6 is 0 Å². The molecule has 0 saturated heterocycles. The lowest BCUT2D eigenvalue weighted by Gasteiger charge is -2.19. The minimum absolute atomic E-state index is 0.0485. The van der Waals surface area contributed by atoms with Crippen LogP contribution in [0.1, 0.15) is 43.2 Å². The Labute approximate surface area is 187 Å². The zero-order valence-electron chi connectivity index (χ0n) is 18.0. The largest absolute Gasteiger partial charge is 0.481 e. The second kappa shape index (κ2) is 9.42. The van der Waals surface area contributed by atoms with Gasteiger partial charge in [-0.2, -0.15) is 0 Å². The summed E-state index contributed by atoms with van der Waals surface area (Å²) in [5.74, 6) is -1.70. The molecule has 0 radical (unpaired) electrons. The maximum atomic E-state index is 12.4. The second-order valence-corrected chi connectivity index (χ2v) is 8.57. The first kappa shape index (κ1) is 21.9. The highest BCUT2D eigenvalue weighted by molar-refractivity contribution is 5.85. The number of hydrogen-bond acceptors (Lipinski definition) is 4. The predicted molar refractivity (Wildman–Crippen MR) is 119 cm³/mol. The second-order valence-electron chi connectivity index (χ2n) is 8.57. The molecule has 0 spiro atoms. The third-order valence-electron chi connectivity index (χ3n) is 6.59. The average molecular weight is 437 g/mol. The first-order valence-corrected chi connectivity index (χ1v) is 11.1. The smallest absolute Gasteiger partial charge is 0.407 e. The number of benzene rings is 2. The van der Waals surface area contributed by atoms with Crippen LogP contribution in [0.25, 0.3) is 11.1 Å². The van der Waals surface area contributed by atoms with Gasteiger partial charge in [-0.05, 0) is 47.9 Å². The van der Waals surface area contributed by atoms with E-state index < -0.39 is 24.0 Å². The Morgan fingerprint density at radius 2 is 1.66 bits per heavy atom. The monoisotopic (exact) mass is 436 g/mol. The highest BCUT2D eigenvalue weighted by Gasteiger charge is 2.33. The van der Waals surface area contributed by atoms with Crippen LogP contribution < -0.4 is 10.6 Å². The summed E-state index contributed by atoms with van der Waals surface area (Å²) in [7, 11) is 0. The highest BCUT2D eigenvalue weighted by atomic mass is 16.5. The molecule has 2 aliphatic carbocycles. The zero-order valence-corrected chi connectivity index (χ0v) is 18.0. The lowest BCUT2D eigenvalue weighted by atomic mass is 9.96. The van der Waals surface area contributed by atoms with Crippen LogP contribution in [0, 0.1) is 11.8 Å². The topological polar surface area (TPSA) is 105 Å². The molecule has 0 heterocycles. The van der Waals surface area contributed by atoms with Crippen molar-refractivity contribution in [3.63, 3.8) is 0 Å². The van der Waals surface area contributed by atoms with Crippen LogP contribution in [0.15, 0.2) is 48.5 Å². The highest BCUT2D eigenvalue weighted by Crippen LogP contribution is 2.44. The molecule has 7 nitrogen and oxygen atoms in total. The lowest BCUT2D eigenvalue weighted by Crippen LogP contribution is -2.46. The fourth-order valence-electron chi connectivity index (χ4n) is 4.87. The van der Waals surface area contributed by atoms with Crippen molar-refractivity contribution in [1.29, 1.82) is 0 Å². The van der Waals surface area contributed by atoms with Crippen molar-refractivity contribution < 1.29 is 24.2 Å². The van der Waals surface area contributed by atoms with Gasteiger partial charge < -0.3 is 20.5 Å². The number of amides is 2. The van der Waals surface area contributed by atoms with Gasteiger partial charge in [-0.25, -0.2) is 4.79 Å². The number of rotatable bonds is 7. The third-order valence-corrected chi connectivity index (χ3v) is 6.59. The van der Waals surface area contributed by atoms with E-state index in [1.165, 1.54) is 0 Å². The van der Waals surface area contributed by atoms with Crippen LogP contribution in [0.3, 0.4) is 0 Å². The fourth-order valence-corrected chi connectivity index (χ4v) is 4.87. The number of hydrogen-bond donors (Lipinski definition) is 3. The predicted octanol–water partition coefficient (Wildman–Crippen LogP) is 3.53. The molecule has 168 valence electrons. The third kappa shape index (κ3) is 4.47. The van der Waals surface area contributed by atoms with E-state index in [0.717, 1.165) is 35.1 Å². The zero-order chi connectivity index (χ0) is 22.7. The van der Waals surface area contributed by atoms with Gasteiger partial charge in [0.1, 0.15) is 12.6 Å². The summed E-state index contributed by atoms with van der Waals surface area (Å²) in [6.45, 7) is 2.06. The Hall–Kier alpha value is -3.35. The molecular weight excluding hydrogens is 408 g/mol. The maximum absolute atomic E-state index is 12.4. The first-order chi connectivity index (χ1) is 15.5. The average Bonchev–Trinajstić information content (AvgIpc) is 3.39. The Balaban J connectivity index is 1.29. The molecule has 32 heavy (non-hydrogen) atoms. The van der Waals surface area contributed by atoms with Crippen molar-refractivity contribution in [2.75, 3.05) is 13.2 Å². The van der Waals surface area contributed by atoms with Crippen LogP contribution in [0.2, 0.25) is 0 Å². The maximum Gasteiger partial charge on any atom is 0.407 e. The molecule has 2 aromatic carbocycles. The molecule has 3 N–H and O–H groups in total. The van der Waals surface area contributed by atoms with E-state index in [-0.39, 0.29) is 24.3 Å². The Morgan fingerprint density at radius 3 is 2.28 bits per heavy atom. The summed E-state index contributed by atoms with van der Waals surface area (Å²) in [5.41, 5.74) is 4.54. The molecule has 4 rings (SSSR count). The molecule has 2 amide bonds. The number of carbonyl (C=O) groups excluding carboxylic acids is 2. The van der Waals surface area contributed by atoms with Crippen molar-refractivity contribution in [3.05, 3.63) is 59.7 Å². The van der Waals surface area contributed by atoms with E-state index in [1.807, 2.05) is 36.4 Å². The number of carboxylic acids is 1. The number of alkyl carbamates (subject to hydrolysis) is 1. The van der Waals surface area contributed by atoms with E-state index in [2.05, 4.69) is 22.8 Å². The molecule has 0 aromatic heterocycles. The van der Waals surface area contributed by atoms with Gasteiger partial charge in [-0.3, -0.25) is 9.59 Å². The van der Waals surface area contributed by atoms with Gasteiger partial charge in [0.2, 0.25) is 5.91 Å². The van der Waals surface area contributed by atoms with Crippen molar-refractivity contribution >= 4 is 18.0 Å². The molecule has 2 aromatic rings. The summed E-state index contributed by atoms with van der Waals surface area (Å²) in [4.78, 5) is 36.0. The SMILES string of the molecule is C[C@@H](NC(=O)OCC1c2ccccc2-c2ccccc21)C(=O)NC[C@H]1CCC[C@H]1C(=O)O. The Bertz CT molecular complexity index is 975. The van der Waals surface area contributed by atoms with E-state index in [9.17, 15) is 19.5 Å². The molecule has 1 fully saturated rings. The molecule has 3 atom stereocenters. The van der Waals surface area contributed by atoms with E-state index in [1.54, 1.807) is 6.92 Å². The minimum Gasteiger partial charge on any atom is -0.481 e. The number of fused-ring (bicyclic) bond motifs is 3. The van der Waals surface area contributed by atoms with E-state index in [0.29, 0.717) is 13.0 Å². The number of carbonyl (C=O) groups is 3. The van der Waals surface area contributed by atoms with Crippen LogP contribution in [-0.2, 0) is 14.3 Å². The molecule has 1 saturated carbocycles. The Morgan fingerprint density at radius 1 is 1.03 bits per heavy atom. The van der Waals surface area contributed by atoms with Gasteiger partial charge in [-0.15, -0.1) is 0 Å². The fraction of sp³-hybridized carbons (Fsp3) is 0.400. The molecule has 0 bridgehead atoms. The molecule has 0 aliphatic heterocycles. The van der Waals surface area contributed by atoms with Gasteiger partial charge >= 0.3 is 12.1 Å². The Kier molecular flexibility index (Phi) is 6.44. The van der Waals surface area contributed by atoms with E-state index in [4.69, 9.17) is 4.74 Å². The normalized spacial score (nSPS) is 20.2. The number of nitrogens with one attached hydrogen (secondary N) is 2. The summed E-state index contributed by atoms with van der Waals surface area (Å²) in [5, 5.41) is 14.6. The number of aliphatic carboxylic acids is 1. The summed E-state index contributed by atoms with van der Waals surface area (Å²) in [6, 6.07) is 15.4. The molecule has 0 unspecified atom stereocenters. The van der Waals surface area contributed by atoms with Gasteiger partial charge in [0.15, 0.2) is 0 Å². The van der Waals surface area contributed by atoms with Crippen molar-refractivity contribution in [1.82, 2.24) is 10.6 Å². The van der Waals surface area contributed by atoms with Gasteiger partial charge in [-0.1, -0.05) is 55.0 Å². The first-order valence-electron chi connectivity index (χ1n) is 11.1. The van der Waals surface area contributed by atoms with Crippen molar-refractivity contribution in [2.24, 2.45) is 11.8 Å². The van der Waals surface area contributed by atoms with Gasteiger partial charge in [0.05, 0.1) is 5.92 Å². The molecular formula is C25H28N2O5. The number of ether oxygens (including phenoxy) is 1. The molecule has 2 aliphatic rings. The van der Waals surface area contributed by atoms with E-state index >= 15 is 0 Å². The summed E-state index contributed by atoms with van der Waals surface area (Å²) in [6.07, 6.45) is 1.62. The van der Waals surface area contributed by atoms with Gasteiger partial charge in [0, 0.05) is 12.5 Å². The summed E-state index contributed by atoms with van der Waals surface area (Å²) < 4.78 is 5.48. The van der Waals surface area contributed by atoms with Crippen LogP contribution in [0.4, 0.5) is 4.79 Å². The minimum atomic E-state index is -0.813. The van der Waals surface area contributed by atoms with Crippen molar-refractivity contribution in [2.45, 2.75) is 38.1 Å². The van der Waals surface area contributed by atoms with Crippen LogP contribution in [0.5, 0.6) is 0 Å². The standard InChI is InChI=1S/C25H28N2O5/c1-15(23(28)26-13-16-7-6-12-17(16)24(29)30)27-25(31)32-14-22-20-10-4-2-8-18(20)19-9-3-5-11-21(19)22/h2-5,8-11,15-17,22H,6-7,12-14H2,1H3,(H,26,28)(H,27,31)(H,29,30)/t15-,16-,17-/m1/s1. The molecule has 7 heteroatoms. The number of carboxylic acid groups (broad SMARTS) is 1. The quantitative estimate of drug-likeness (QED) is 0.616.